The highest BCUT2D eigenvalue weighted by molar-refractivity contribution is 5.97. The van der Waals surface area contributed by atoms with Gasteiger partial charge in [-0.2, -0.15) is 0 Å². The summed E-state index contributed by atoms with van der Waals surface area (Å²) in [6.45, 7) is 5.89. The van der Waals surface area contributed by atoms with Gasteiger partial charge in [0, 0.05) is 26.3 Å². The summed E-state index contributed by atoms with van der Waals surface area (Å²) >= 11 is 0. The van der Waals surface area contributed by atoms with Crippen LogP contribution >= 0.6 is 0 Å². The first kappa shape index (κ1) is 18.4. The van der Waals surface area contributed by atoms with E-state index in [9.17, 15) is 19.5 Å². The van der Waals surface area contributed by atoms with E-state index >= 15 is 0 Å². The smallest absolute Gasteiger partial charge is 0.275 e. The number of hydrogen-bond acceptors (Lipinski definition) is 7. The van der Waals surface area contributed by atoms with Crippen LogP contribution in [-0.2, 0) is 0 Å². The number of amides is 1. The van der Waals surface area contributed by atoms with Crippen LogP contribution < -0.4 is 21.5 Å². The van der Waals surface area contributed by atoms with E-state index in [0.717, 1.165) is 0 Å². The topological polar surface area (TPSA) is 112 Å². The van der Waals surface area contributed by atoms with Crippen molar-refractivity contribution >= 4 is 23.0 Å². The summed E-state index contributed by atoms with van der Waals surface area (Å²) in [5.41, 5.74) is -1.03. The van der Waals surface area contributed by atoms with E-state index in [2.05, 4.69) is 15.6 Å². The van der Waals surface area contributed by atoms with Gasteiger partial charge in [0.1, 0.15) is 11.4 Å². The Hall–Kier alpha value is -2.90. The van der Waals surface area contributed by atoms with E-state index in [-0.39, 0.29) is 40.5 Å². The number of pyridine rings is 1. The number of rotatable bonds is 6. The molecule has 8 nitrogen and oxygen atoms in total. The third-order valence-corrected chi connectivity index (χ3v) is 4.08. The maximum atomic E-state index is 12.0. The molecular formula is C17H22N4O4. The van der Waals surface area contributed by atoms with Crippen LogP contribution in [0.1, 0.15) is 31.3 Å². The molecule has 0 aliphatic rings. The lowest BCUT2D eigenvalue weighted by molar-refractivity contribution is 0.0819. The Bertz CT molecular complexity index is 866. The van der Waals surface area contributed by atoms with Gasteiger partial charge in [-0.25, -0.2) is 4.98 Å². The molecule has 0 saturated heterocycles. The van der Waals surface area contributed by atoms with Gasteiger partial charge in [0.05, 0.1) is 5.69 Å². The van der Waals surface area contributed by atoms with Crippen molar-refractivity contribution in [2.45, 2.75) is 26.8 Å². The summed E-state index contributed by atoms with van der Waals surface area (Å²) in [6, 6.07) is 1.41. The van der Waals surface area contributed by atoms with Gasteiger partial charge in [0.2, 0.25) is 0 Å². The number of carbonyl (C=O) groups is 1. The van der Waals surface area contributed by atoms with Gasteiger partial charge in [-0.3, -0.25) is 14.4 Å². The molecule has 134 valence electrons. The molecule has 1 unspecified atom stereocenters. The van der Waals surface area contributed by atoms with Crippen molar-refractivity contribution in [3.05, 3.63) is 38.4 Å². The number of aromatic hydroxyl groups is 1. The fraction of sp³-hybridized carbons (Fsp3) is 0.412. The number of nitrogens with zero attached hydrogens (tertiary/aromatic N) is 2. The quantitative estimate of drug-likeness (QED) is 0.676. The molecule has 3 N–H and O–H groups in total. The van der Waals surface area contributed by atoms with Crippen molar-refractivity contribution in [3.63, 3.8) is 0 Å². The zero-order chi connectivity index (χ0) is 18.9. The molecule has 8 heteroatoms. The Morgan fingerprint density at radius 2 is 1.76 bits per heavy atom. The van der Waals surface area contributed by atoms with Gasteiger partial charge in [-0.05, 0) is 18.9 Å². The van der Waals surface area contributed by atoms with Gasteiger partial charge in [-0.1, -0.05) is 13.8 Å². The first-order valence-electron chi connectivity index (χ1n) is 7.91. The van der Waals surface area contributed by atoms with Crippen LogP contribution in [0.25, 0.3) is 0 Å². The lowest BCUT2D eigenvalue weighted by atomic mass is 10.0. The number of anilines is 3. The SMILES string of the molecule is CC(C)C(C)Nc1c(Nc2ccnc(C(=O)N(C)C)c2O)c(=O)c1=O. The van der Waals surface area contributed by atoms with E-state index in [1.807, 2.05) is 20.8 Å². The second-order valence-corrected chi connectivity index (χ2v) is 6.47. The molecule has 0 fully saturated rings. The van der Waals surface area contributed by atoms with Gasteiger partial charge in [0.15, 0.2) is 11.4 Å². The zero-order valence-corrected chi connectivity index (χ0v) is 14.9. The molecule has 0 aliphatic heterocycles. The highest BCUT2D eigenvalue weighted by atomic mass is 16.3. The maximum absolute atomic E-state index is 12.0. The predicted octanol–water partition coefficient (Wildman–Crippen LogP) is 1.28. The molecule has 0 spiro atoms. The molecular weight excluding hydrogens is 324 g/mol. The molecule has 1 heterocycles. The molecule has 0 bridgehead atoms. The van der Waals surface area contributed by atoms with Gasteiger partial charge in [-0.15, -0.1) is 0 Å². The van der Waals surface area contributed by atoms with Gasteiger partial charge >= 0.3 is 0 Å². The Morgan fingerprint density at radius 3 is 2.32 bits per heavy atom. The molecule has 25 heavy (non-hydrogen) atoms. The van der Waals surface area contributed by atoms with E-state index in [1.165, 1.54) is 31.3 Å². The number of hydrogen-bond donors (Lipinski definition) is 3. The fourth-order valence-corrected chi connectivity index (χ4v) is 2.10. The summed E-state index contributed by atoms with van der Waals surface area (Å²) in [7, 11) is 3.07. The lowest BCUT2D eigenvalue weighted by Crippen LogP contribution is -2.39. The van der Waals surface area contributed by atoms with Crippen molar-refractivity contribution < 1.29 is 9.90 Å². The lowest BCUT2D eigenvalue weighted by Gasteiger charge is -2.22. The summed E-state index contributed by atoms with van der Waals surface area (Å²) in [5, 5.41) is 16.0. The predicted molar refractivity (Wildman–Crippen MR) is 96.5 cm³/mol. The standard InChI is InChI=1S/C17H22N4O4/c1-8(2)9(3)19-11-12(16(24)15(11)23)20-10-6-7-18-13(14(10)22)17(25)21(4)5/h6-9,19,22H,1-5H3,(H,18,20). The second-order valence-electron chi connectivity index (χ2n) is 6.47. The van der Waals surface area contributed by atoms with Gasteiger partial charge < -0.3 is 20.6 Å². The van der Waals surface area contributed by atoms with Crippen molar-refractivity contribution in [2.24, 2.45) is 5.92 Å². The fourth-order valence-electron chi connectivity index (χ4n) is 2.10. The highest BCUT2D eigenvalue weighted by Crippen LogP contribution is 2.31. The molecule has 0 aliphatic carbocycles. The van der Waals surface area contributed by atoms with Crippen LogP contribution in [0.5, 0.6) is 5.75 Å². The third-order valence-electron chi connectivity index (χ3n) is 4.08. The Morgan fingerprint density at radius 1 is 1.16 bits per heavy atom. The summed E-state index contributed by atoms with van der Waals surface area (Å²) < 4.78 is 0. The summed E-state index contributed by atoms with van der Waals surface area (Å²) in [6.07, 6.45) is 1.34. The molecule has 1 aromatic carbocycles. The molecule has 2 rings (SSSR count). The highest BCUT2D eigenvalue weighted by Gasteiger charge is 2.25. The molecule has 2 aromatic rings. The van der Waals surface area contributed by atoms with Crippen molar-refractivity contribution in [3.8, 4) is 5.75 Å². The average molecular weight is 346 g/mol. The molecule has 0 saturated carbocycles. The van der Waals surface area contributed by atoms with Crippen LogP contribution in [0.15, 0.2) is 21.9 Å². The van der Waals surface area contributed by atoms with Crippen molar-refractivity contribution in [1.82, 2.24) is 9.88 Å². The first-order valence-corrected chi connectivity index (χ1v) is 7.91. The molecule has 1 atom stereocenters. The third kappa shape index (κ3) is 3.47. The van der Waals surface area contributed by atoms with Crippen molar-refractivity contribution in [2.75, 3.05) is 24.7 Å². The van der Waals surface area contributed by atoms with E-state index in [0.29, 0.717) is 0 Å². The minimum Gasteiger partial charge on any atom is -0.504 e. The zero-order valence-electron chi connectivity index (χ0n) is 14.9. The molecule has 0 radical (unpaired) electrons. The maximum Gasteiger partial charge on any atom is 0.275 e. The van der Waals surface area contributed by atoms with Crippen LogP contribution in [0.3, 0.4) is 0 Å². The molecule has 1 aromatic heterocycles. The second kappa shape index (κ2) is 6.92. The van der Waals surface area contributed by atoms with Crippen LogP contribution in [0, 0.1) is 5.92 Å². The normalized spacial score (nSPS) is 12.2. The van der Waals surface area contributed by atoms with Crippen LogP contribution in [-0.4, -0.2) is 41.0 Å². The number of carbonyl (C=O) groups excluding carboxylic acids is 1. The number of aromatic nitrogens is 1. The van der Waals surface area contributed by atoms with Crippen LogP contribution in [0.4, 0.5) is 17.1 Å². The Labute approximate surface area is 145 Å². The Kier molecular flexibility index (Phi) is 5.10. The minimum atomic E-state index is -0.671. The summed E-state index contributed by atoms with van der Waals surface area (Å²) in [4.78, 5) is 40.9. The minimum absolute atomic E-state index is 0.0132. The van der Waals surface area contributed by atoms with E-state index < -0.39 is 16.8 Å². The van der Waals surface area contributed by atoms with E-state index in [4.69, 9.17) is 0 Å². The van der Waals surface area contributed by atoms with E-state index in [1.54, 1.807) is 0 Å². The Balaban J connectivity index is 2.35. The number of nitrogens with one attached hydrogen (secondary N) is 2. The monoisotopic (exact) mass is 346 g/mol. The first-order chi connectivity index (χ1) is 11.6. The van der Waals surface area contributed by atoms with Gasteiger partial charge in [0.25, 0.3) is 16.8 Å². The van der Waals surface area contributed by atoms with Crippen molar-refractivity contribution in [1.29, 1.82) is 0 Å². The average Bonchev–Trinajstić information content (AvgIpc) is 2.57. The van der Waals surface area contributed by atoms with Crippen LogP contribution in [0.2, 0.25) is 0 Å². The summed E-state index contributed by atoms with van der Waals surface area (Å²) in [5.74, 6) is -0.592. The molecule has 1 amide bonds. The largest absolute Gasteiger partial charge is 0.504 e.